The number of nitrogens with one attached hydrogen (secondary N) is 1. The third kappa shape index (κ3) is 2.88. The van der Waals surface area contributed by atoms with Gasteiger partial charge in [-0.25, -0.2) is 0 Å². The first-order chi connectivity index (χ1) is 9.64. The smallest absolute Gasteiger partial charge is 0.327 e. The van der Waals surface area contributed by atoms with Gasteiger partial charge in [0.2, 0.25) is 0 Å². The van der Waals surface area contributed by atoms with Crippen LogP contribution in [0, 0.1) is 5.92 Å². The molecule has 1 saturated carbocycles. The maximum Gasteiger partial charge on any atom is 0.327 e. The van der Waals surface area contributed by atoms with Crippen LogP contribution in [0.2, 0.25) is 0 Å². The second-order valence-electron chi connectivity index (χ2n) is 5.02. The summed E-state index contributed by atoms with van der Waals surface area (Å²) in [5.74, 6) is 0.463. The topological polar surface area (TPSA) is 67.8 Å². The first-order valence-electron chi connectivity index (χ1n) is 6.88. The number of rotatable bonds is 8. The van der Waals surface area contributed by atoms with Gasteiger partial charge in [0.05, 0.1) is 7.11 Å². The molecule has 1 aliphatic carbocycles. The van der Waals surface area contributed by atoms with Crippen LogP contribution in [0.3, 0.4) is 0 Å². The van der Waals surface area contributed by atoms with Crippen molar-refractivity contribution in [2.24, 2.45) is 5.92 Å². The zero-order valence-electron chi connectivity index (χ0n) is 11.9. The Morgan fingerprint density at radius 2 is 2.05 bits per heavy atom. The zero-order chi connectivity index (χ0) is 14.6. The molecule has 1 aromatic carbocycles. The van der Waals surface area contributed by atoms with E-state index in [1.54, 1.807) is 19.2 Å². The van der Waals surface area contributed by atoms with E-state index in [1.807, 2.05) is 19.1 Å². The molecule has 0 saturated heterocycles. The minimum absolute atomic E-state index is 0.0984. The van der Waals surface area contributed by atoms with Gasteiger partial charge in [-0.15, -0.1) is 0 Å². The molecular formula is C15H21NO4. The van der Waals surface area contributed by atoms with E-state index in [9.17, 15) is 9.90 Å². The molecule has 0 spiro atoms. The lowest BCUT2D eigenvalue weighted by atomic mass is 9.94. The zero-order valence-corrected chi connectivity index (χ0v) is 11.9. The standard InChI is InChI=1S/C15H21NO4/c1-3-16-15(14(17)18,11-8-9-11)10-20-13-7-5-4-6-12(13)19-2/h4-7,11,16H,3,8-10H2,1-2H3,(H,17,18). The fourth-order valence-electron chi connectivity index (χ4n) is 2.45. The Kier molecular flexibility index (Phi) is 4.49. The molecule has 1 fully saturated rings. The monoisotopic (exact) mass is 279 g/mol. The molecule has 0 aliphatic heterocycles. The molecule has 0 amide bonds. The normalized spacial score (nSPS) is 17.3. The van der Waals surface area contributed by atoms with Crippen molar-refractivity contribution >= 4 is 5.97 Å². The fraction of sp³-hybridized carbons (Fsp3) is 0.533. The number of hydrogen-bond acceptors (Lipinski definition) is 4. The van der Waals surface area contributed by atoms with Crippen LogP contribution >= 0.6 is 0 Å². The van der Waals surface area contributed by atoms with Crippen LogP contribution in [0.4, 0.5) is 0 Å². The summed E-state index contributed by atoms with van der Waals surface area (Å²) in [6.07, 6.45) is 1.85. The van der Waals surface area contributed by atoms with Crippen molar-refractivity contribution in [2.45, 2.75) is 25.3 Å². The van der Waals surface area contributed by atoms with Gasteiger partial charge in [-0.2, -0.15) is 0 Å². The van der Waals surface area contributed by atoms with Crippen molar-refractivity contribution in [1.82, 2.24) is 5.32 Å². The molecule has 5 nitrogen and oxygen atoms in total. The van der Waals surface area contributed by atoms with Gasteiger partial charge in [-0.3, -0.25) is 10.1 Å². The second-order valence-corrected chi connectivity index (χ2v) is 5.02. The predicted molar refractivity (Wildman–Crippen MR) is 75.3 cm³/mol. The van der Waals surface area contributed by atoms with Crippen LogP contribution in [-0.2, 0) is 4.79 Å². The van der Waals surface area contributed by atoms with Gasteiger partial charge >= 0.3 is 5.97 Å². The largest absolute Gasteiger partial charge is 0.493 e. The maximum absolute atomic E-state index is 11.7. The van der Waals surface area contributed by atoms with Crippen LogP contribution in [-0.4, -0.2) is 36.9 Å². The number of likely N-dealkylation sites (N-methyl/N-ethyl adjacent to an activating group) is 1. The highest BCUT2D eigenvalue weighted by molar-refractivity contribution is 5.80. The van der Waals surface area contributed by atoms with Gasteiger partial charge in [0, 0.05) is 0 Å². The lowest BCUT2D eigenvalue weighted by Gasteiger charge is -2.30. The summed E-state index contributed by atoms with van der Waals surface area (Å²) in [5, 5.41) is 12.7. The number of carbonyl (C=O) groups is 1. The summed E-state index contributed by atoms with van der Waals surface area (Å²) in [6.45, 7) is 2.60. The highest BCUT2D eigenvalue weighted by Crippen LogP contribution is 2.40. The summed E-state index contributed by atoms with van der Waals surface area (Å²) in [6, 6.07) is 7.26. The van der Waals surface area contributed by atoms with Crippen LogP contribution in [0.5, 0.6) is 11.5 Å². The molecule has 2 rings (SSSR count). The number of benzene rings is 1. The van der Waals surface area contributed by atoms with Gasteiger partial charge < -0.3 is 14.6 Å². The Bertz CT molecular complexity index is 473. The quantitative estimate of drug-likeness (QED) is 0.761. The molecule has 1 unspecified atom stereocenters. The SMILES string of the molecule is CCNC(COc1ccccc1OC)(C(=O)O)C1CC1. The van der Waals surface area contributed by atoms with Crippen molar-refractivity contribution in [1.29, 1.82) is 0 Å². The van der Waals surface area contributed by atoms with Crippen molar-refractivity contribution in [2.75, 3.05) is 20.3 Å². The number of ether oxygens (including phenoxy) is 2. The Hall–Kier alpha value is -1.75. The molecule has 20 heavy (non-hydrogen) atoms. The molecule has 0 heterocycles. The van der Waals surface area contributed by atoms with E-state index in [0.29, 0.717) is 18.0 Å². The van der Waals surface area contributed by atoms with Gasteiger partial charge in [-0.05, 0) is 37.4 Å². The Balaban J connectivity index is 2.14. The van der Waals surface area contributed by atoms with E-state index >= 15 is 0 Å². The third-order valence-corrected chi connectivity index (χ3v) is 3.67. The number of hydrogen-bond donors (Lipinski definition) is 2. The summed E-state index contributed by atoms with van der Waals surface area (Å²) in [5.41, 5.74) is -1.00. The predicted octanol–water partition coefficient (Wildman–Crippen LogP) is 1.92. The van der Waals surface area contributed by atoms with Crippen molar-refractivity contribution < 1.29 is 19.4 Å². The fourth-order valence-corrected chi connectivity index (χ4v) is 2.45. The van der Waals surface area contributed by atoms with E-state index in [1.165, 1.54) is 0 Å². The summed E-state index contributed by atoms with van der Waals surface area (Å²) < 4.78 is 11.0. The average molecular weight is 279 g/mol. The molecule has 0 radical (unpaired) electrons. The van der Waals surface area contributed by atoms with Crippen LogP contribution in [0.15, 0.2) is 24.3 Å². The minimum atomic E-state index is -1.00. The molecular weight excluding hydrogens is 258 g/mol. The highest BCUT2D eigenvalue weighted by atomic mass is 16.5. The first-order valence-corrected chi connectivity index (χ1v) is 6.88. The molecule has 0 aromatic heterocycles. The summed E-state index contributed by atoms with van der Waals surface area (Å²) in [4.78, 5) is 11.7. The third-order valence-electron chi connectivity index (χ3n) is 3.67. The van der Waals surface area contributed by atoms with E-state index in [0.717, 1.165) is 12.8 Å². The van der Waals surface area contributed by atoms with E-state index < -0.39 is 11.5 Å². The van der Waals surface area contributed by atoms with Crippen molar-refractivity contribution in [3.63, 3.8) is 0 Å². The Morgan fingerprint density at radius 1 is 1.40 bits per heavy atom. The number of aliphatic carboxylic acids is 1. The summed E-state index contributed by atoms with van der Waals surface area (Å²) >= 11 is 0. The molecule has 110 valence electrons. The molecule has 0 bridgehead atoms. The second kappa shape index (κ2) is 6.13. The molecule has 1 aromatic rings. The number of carboxylic acids is 1. The summed E-state index contributed by atoms with van der Waals surface area (Å²) in [7, 11) is 1.57. The van der Waals surface area contributed by atoms with Crippen LogP contribution in [0.1, 0.15) is 19.8 Å². The molecule has 5 heteroatoms. The molecule has 1 aliphatic rings. The molecule has 2 N–H and O–H groups in total. The lowest BCUT2D eigenvalue weighted by Crippen LogP contribution is -2.58. The van der Waals surface area contributed by atoms with Crippen LogP contribution in [0.25, 0.3) is 0 Å². The molecule has 1 atom stereocenters. The van der Waals surface area contributed by atoms with Gasteiger partial charge in [0.25, 0.3) is 0 Å². The minimum Gasteiger partial charge on any atom is -0.493 e. The maximum atomic E-state index is 11.7. The van der Waals surface area contributed by atoms with Crippen LogP contribution < -0.4 is 14.8 Å². The van der Waals surface area contributed by atoms with Gasteiger partial charge in [-0.1, -0.05) is 19.1 Å². The lowest BCUT2D eigenvalue weighted by molar-refractivity contribution is -0.147. The van der Waals surface area contributed by atoms with Gasteiger partial charge in [0.15, 0.2) is 17.0 Å². The number of carboxylic acid groups (broad SMARTS) is 1. The van der Waals surface area contributed by atoms with Crippen molar-refractivity contribution in [3.05, 3.63) is 24.3 Å². The Labute approximate surface area is 118 Å². The van der Waals surface area contributed by atoms with E-state index in [4.69, 9.17) is 9.47 Å². The van der Waals surface area contributed by atoms with Crippen molar-refractivity contribution in [3.8, 4) is 11.5 Å². The van der Waals surface area contributed by atoms with E-state index in [-0.39, 0.29) is 12.5 Å². The number of methoxy groups -OCH3 is 1. The van der Waals surface area contributed by atoms with E-state index in [2.05, 4.69) is 5.32 Å². The van der Waals surface area contributed by atoms with Gasteiger partial charge in [0.1, 0.15) is 6.61 Å². The number of para-hydroxylation sites is 2. The highest BCUT2D eigenvalue weighted by Gasteiger charge is 2.51. The first kappa shape index (κ1) is 14.7. The average Bonchev–Trinajstić information content (AvgIpc) is 3.28. The Morgan fingerprint density at radius 3 is 2.55 bits per heavy atom.